The van der Waals surface area contributed by atoms with E-state index in [0.29, 0.717) is 5.56 Å². The molecule has 0 saturated heterocycles. The summed E-state index contributed by atoms with van der Waals surface area (Å²) in [5, 5.41) is 20.0. The van der Waals surface area contributed by atoms with Crippen molar-refractivity contribution in [1.82, 2.24) is 0 Å². The van der Waals surface area contributed by atoms with Crippen LogP contribution in [0.1, 0.15) is 71.4 Å². The van der Waals surface area contributed by atoms with Crippen LogP contribution in [-0.4, -0.2) is 35.1 Å². The van der Waals surface area contributed by atoms with Crippen LogP contribution in [0.25, 0.3) is 0 Å². The molecule has 0 unspecified atom stereocenters. The van der Waals surface area contributed by atoms with Crippen LogP contribution in [-0.2, 0) is 0 Å². The summed E-state index contributed by atoms with van der Waals surface area (Å²) >= 11 is 0. The van der Waals surface area contributed by atoms with Gasteiger partial charge in [-0.3, -0.25) is 4.79 Å². The summed E-state index contributed by atoms with van der Waals surface area (Å²) in [7, 11) is 0. The summed E-state index contributed by atoms with van der Waals surface area (Å²) in [4.78, 5) is 26.7. The van der Waals surface area contributed by atoms with Gasteiger partial charge in [-0.25, -0.2) is 4.79 Å². The highest BCUT2D eigenvalue weighted by Gasteiger charge is 2.22. The average Bonchev–Trinajstić information content (AvgIpc) is 2.67. The molecule has 0 fully saturated rings. The van der Waals surface area contributed by atoms with Crippen molar-refractivity contribution in [1.29, 1.82) is 0 Å². The molecule has 150 valence electrons. The van der Waals surface area contributed by atoms with Crippen molar-refractivity contribution >= 4 is 17.4 Å². The van der Waals surface area contributed by atoms with Gasteiger partial charge in [-0.2, -0.15) is 0 Å². The first-order valence-electron chi connectivity index (χ1n) is 9.86. The molecule has 0 aliphatic rings. The van der Waals surface area contributed by atoms with Crippen molar-refractivity contribution in [3.8, 4) is 5.75 Å². The Balaban J connectivity index is 2.39. The molecule has 0 radical (unpaired) electrons. The fourth-order valence-electron chi connectivity index (χ4n) is 3.26. The Labute approximate surface area is 166 Å². The van der Waals surface area contributed by atoms with Gasteiger partial charge < -0.3 is 15.1 Å². The van der Waals surface area contributed by atoms with Crippen molar-refractivity contribution in [2.24, 2.45) is 0 Å². The molecule has 2 aromatic rings. The molecular weight excluding hydrogens is 354 g/mol. The van der Waals surface area contributed by atoms with Gasteiger partial charge in [0.2, 0.25) is 0 Å². The Kier molecular flexibility index (Phi) is 7.61. The van der Waals surface area contributed by atoms with Gasteiger partial charge in [0.25, 0.3) is 0 Å². The summed E-state index contributed by atoms with van der Waals surface area (Å²) in [5.41, 5.74) is 1.62. The average molecular weight is 383 g/mol. The maximum absolute atomic E-state index is 13.0. The number of benzene rings is 2. The van der Waals surface area contributed by atoms with Crippen LogP contribution in [0.5, 0.6) is 5.75 Å². The largest absolute Gasteiger partial charge is 0.507 e. The minimum Gasteiger partial charge on any atom is -0.507 e. The van der Waals surface area contributed by atoms with Crippen LogP contribution in [0, 0.1) is 6.92 Å². The number of carboxylic acid groups (broad SMARTS) is 1. The number of anilines is 1. The number of carbonyl (C=O) groups excluding carboxylic acids is 1. The van der Waals surface area contributed by atoms with Crippen molar-refractivity contribution in [2.75, 3.05) is 18.0 Å². The third kappa shape index (κ3) is 4.91. The monoisotopic (exact) mass is 383 g/mol. The van der Waals surface area contributed by atoms with Gasteiger partial charge >= 0.3 is 5.97 Å². The number of aromatic carboxylic acids is 1. The van der Waals surface area contributed by atoms with E-state index in [9.17, 15) is 19.8 Å². The normalized spacial score (nSPS) is 10.7. The van der Waals surface area contributed by atoms with Crippen LogP contribution < -0.4 is 4.90 Å². The zero-order chi connectivity index (χ0) is 20.7. The lowest BCUT2D eigenvalue weighted by atomic mass is 9.93. The smallest absolute Gasteiger partial charge is 0.336 e. The highest BCUT2D eigenvalue weighted by atomic mass is 16.4. The second kappa shape index (κ2) is 9.93. The van der Waals surface area contributed by atoms with Crippen molar-refractivity contribution in [2.45, 2.75) is 46.5 Å². The zero-order valence-corrected chi connectivity index (χ0v) is 16.9. The molecule has 2 rings (SSSR count). The quantitative estimate of drug-likeness (QED) is 0.562. The number of carboxylic acids is 1. The first-order valence-corrected chi connectivity index (χ1v) is 9.86. The van der Waals surface area contributed by atoms with Gasteiger partial charge in [0.15, 0.2) is 5.78 Å². The molecule has 2 aromatic carbocycles. The Hall–Kier alpha value is -2.82. The standard InChI is InChI=1S/C23H29NO4/c1-4-6-13-24(14-7-5-2)17-11-12-18(20(25)15-17)22(26)21-16(3)9-8-10-19(21)23(27)28/h8-12,15,25H,4-7,13-14H2,1-3H3,(H,27,28). The second-order valence-electron chi connectivity index (χ2n) is 7.03. The number of unbranched alkanes of at least 4 members (excludes halogenated alkanes) is 2. The lowest BCUT2D eigenvalue weighted by Crippen LogP contribution is -2.25. The number of hydrogen-bond donors (Lipinski definition) is 2. The van der Waals surface area contributed by atoms with E-state index >= 15 is 0 Å². The molecule has 5 heteroatoms. The maximum Gasteiger partial charge on any atom is 0.336 e. The maximum atomic E-state index is 13.0. The predicted molar refractivity (Wildman–Crippen MR) is 112 cm³/mol. The number of carbonyl (C=O) groups is 2. The Bertz CT molecular complexity index is 836. The number of phenolic OH excluding ortho intramolecular Hbond substituents is 1. The van der Waals surface area contributed by atoms with Crippen molar-refractivity contribution in [3.05, 3.63) is 58.7 Å². The molecule has 0 bridgehead atoms. The second-order valence-corrected chi connectivity index (χ2v) is 7.03. The van der Waals surface area contributed by atoms with Gasteiger partial charge in [0.1, 0.15) is 5.75 Å². The van der Waals surface area contributed by atoms with E-state index in [1.54, 1.807) is 31.2 Å². The molecule has 5 nitrogen and oxygen atoms in total. The van der Waals surface area contributed by atoms with Gasteiger partial charge in [-0.05, 0) is 43.5 Å². The van der Waals surface area contributed by atoms with Gasteiger partial charge in [0.05, 0.1) is 11.1 Å². The number of phenols is 1. The van der Waals surface area contributed by atoms with Gasteiger partial charge in [0, 0.05) is 30.4 Å². The highest BCUT2D eigenvalue weighted by molar-refractivity contribution is 6.16. The molecule has 0 spiro atoms. The molecular formula is C23H29NO4. The number of nitrogens with zero attached hydrogens (tertiary/aromatic N) is 1. The summed E-state index contributed by atoms with van der Waals surface area (Å²) in [6.07, 6.45) is 4.26. The zero-order valence-electron chi connectivity index (χ0n) is 16.9. The Morgan fingerprint density at radius 2 is 1.61 bits per heavy atom. The SMILES string of the molecule is CCCCN(CCCC)c1ccc(C(=O)c2c(C)cccc2C(=O)O)c(O)c1. The van der Waals surface area contributed by atoms with Crippen LogP contribution in [0.2, 0.25) is 0 Å². The highest BCUT2D eigenvalue weighted by Crippen LogP contribution is 2.29. The van der Waals surface area contributed by atoms with Crippen LogP contribution in [0.15, 0.2) is 36.4 Å². The van der Waals surface area contributed by atoms with E-state index < -0.39 is 11.8 Å². The topological polar surface area (TPSA) is 77.8 Å². The van der Waals surface area contributed by atoms with Crippen LogP contribution in [0.4, 0.5) is 5.69 Å². The van der Waals surface area contributed by atoms with E-state index in [0.717, 1.165) is 44.5 Å². The lowest BCUT2D eigenvalue weighted by Gasteiger charge is -2.25. The molecule has 0 saturated carbocycles. The molecule has 2 N–H and O–H groups in total. The summed E-state index contributed by atoms with van der Waals surface area (Å²) in [6, 6.07) is 9.75. The summed E-state index contributed by atoms with van der Waals surface area (Å²) in [6.45, 7) is 7.76. The number of ketones is 1. The molecule has 0 amide bonds. The van der Waals surface area contributed by atoms with Crippen LogP contribution in [0.3, 0.4) is 0 Å². The number of aryl methyl sites for hydroxylation is 1. The van der Waals surface area contributed by atoms with E-state index in [1.807, 2.05) is 6.07 Å². The number of rotatable bonds is 10. The lowest BCUT2D eigenvalue weighted by molar-refractivity contribution is 0.0692. The third-order valence-corrected chi connectivity index (χ3v) is 4.88. The molecule has 0 aliphatic carbocycles. The van der Waals surface area contributed by atoms with E-state index in [-0.39, 0.29) is 22.4 Å². The molecule has 0 aliphatic heterocycles. The molecule has 0 atom stereocenters. The first kappa shape index (κ1) is 21.5. The van der Waals surface area contributed by atoms with Crippen molar-refractivity contribution in [3.63, 3.8) is 0 Å². The fourth-order valence-corrected chi connectivity index (χ4v) is 3.26. The summed E-state index contributed by atoms with van der Waals surface area (Å²) < 4.78 is 0. The van der Waals surface area contributed by atoms with Crippen molar-refractivity contribution < 1.29 is 19.8 Å². The Morgan fingerprint density at radius 1 is 0.964 bits per heavy atom. The Morgan fingerprint density at radius 3 is 2.14 bits per heavy atom. The third-order valence-electron chi connectivity index (χ3n) is 4.88. The van der Waals surface area contributed by atoms with Gasteiger partial charge in [-0.15, -0.1) is 0 Å². The van der Waals surface area contributed by atoms with Gasteiger partial charge in [-0.1, -0.05) is 38.8 Å². The first-order chi connectivity index (χ1) is 13.4. The number of hydrogen-bond acceptors (Lipinski definition) is 4. The van der Waals surface area contributed by atoms with E-state index in [4.69, 9.17) is 0 Å². The predicted octanol–water partition coefficient (Wildman–Crippen LogP) is 5.04. The van der Waals surface area contributed by atoms with E-state index in [1.165, 1.54) is 6.07 Å². The minimum atomic E-state index is -1.16. The van der Waals surface area contributed by atoms with Crippen LogP contribution >= 0.6 is 0 Å². The minimum absolute atomic E-state index is 0.0546. The number of aromatic hydroxyl groups is 1. The molecule has 0 aromatic heterocycles. The molecule has 0 heterocycles. The molecule has 28 heavy (non-hydrogen) atoms. The van der Waals surface area contributed by atoms with E-state index in [2.05, 4.69) is 18.7 Å². The fraction of sp³-hybridized carbons (Fsp3) is 0.391. The summed E-state index contributed by atoms with van der Waals surface area (Å²) in [5.74, 6) is -1.76.